The first-order valence-corrected chi connectivity index (χ1v) is 6.35. The Morgan fingerprint density at radius 2 is 2.24 bits per heavy atom. The third kappa shape index (κ3) is 3.41. The van der Waals surface area contributed by atoms with Crippen LogP contribution in [0.5, 0.6) is 0 Å². The summed E-state index contributed by atoms with van der Waals surface area (Å²) in [6.45, 7) is 3.52. The predicted molar refractivity (Wildman–Crippen MR) is 66.7 cm³/mol. The number of hydrogen-bond acceptors (Lipinski definition) is 2. The van der Waals surface area contributed by atoms with Gasteiger partial charge in [0.1, 0.15) is 5.82 Å². The minimum atomic E-state index is -0.365. The summed E-state index contributed by atoms with van der Waals surface area (Å²) in [4.78, 5) is 0. The van der Waals surface area contributed by atoms with Crippen molar-refractivity contribution in [2.24, 2.45) is 0 Å². The zero-order chi connectivity index (χ0) is 12.3. The van der Waals surface area contributed by atoms with Gasteiger partial charge in [0.05, 0.1) is 11.1 Å². The van der Waals surface area contributed by atoms with E-state index < -0.39 is 0 Å². The Bertz CT molecular complexity index is 380. The highest BCUT2D eigenvalue weighted by molar-refractivity contribution is 6.30. The monoisotopic (exact) mass is 257 g/mol. The second-order valence-electron chi connectivity index (χ2n) is 4.38. The van der Waals surface area contributed by atoms with Crippen LogP contribution in [0.4, 0.5) is 4.39 Å². The molecule has 0 aliphatic heterocycles. The third-order valence-electron chi connectivity index (χ3n) is 3.08. The molecule has 0 aromatic heterocycles. The maximum atomic E-state index is 12.9. The molecule has 0 unspecified atom stereocenters. The fourth-order valence-electron chi connectivity index (χ4n) is 2.02. The highest BCUT2D eigenvalue weighted by atomic mass is 35.5. The molecule has 2 rings (SSSR count). The molecule has 0 atom stereocenters. The molecule has 2 nitrogen and oxygen atoms in total. The van der Waals surface area contributed by atoms with Crippen LogP contribution in [0.3, 0.4) is 0 Å². The minimum absolute atomic E-state index is 0.185. The van der Waals surface area contributed by atoms with Gasteiger partial charge in [0.15, 0.2) is 0 Å². The van der Waals surface area contributed by atoms with E-state index in [9.17, 15) is 4.39 Å². The van der Waals surface area contributed by atoms with E-state index >= 15 is 0 Å². The van der Waals surface area contributed by atoms with Crippen LogP contribution in [0.25, 0.3) is 0 Å². The fourth-order valence-corrected chi connectivity index (χ4v) is 2.22. The number of nitrogens with one attached hydrogen (secondary N) is 1. The first-order valence-electron chi connectivity index (χ1n) is 5.98. The van der Waals surface area contributed by atoms with E-state index in [0.717, 1.165) is 31.6 Å². The van der Waals surface area contributed by atoms with Gasteiger partial charge in [-0.25, -0.2) is 4.39 Å². The van der Waals surface area contributed by atoms with Crippen molar-refractivity contribution in [2.75, 3.05) is 6.61 Å². The maximum absolute atomic E-state index is 12.9. The lowest BCUT2D eigenvalue weighted by atomic mass is 9.89. The van der Waals surface area contributed by atoms with Crippen LogP contribution in [0.1, 0.15) is 25.3 Å². The molecule has 94 valence electrons. The second kappa shape index (κ2) is 5.80. The van der Waals surface area contributed by atoms with Crippen LogP contribution in [0.15, 0.2) is 18.2 Å². The molecule has 1 aromatic rings. The lowest BCUT2D eigenvalue weighted by molar-refractivity contribution is -0.0102. The van der Waals surface area contributed by atoms with Crippen molar-refractivity contribution in [3.8, 4) is 0 Å². The van der Waals surface area contributed by atoms with E-state index in [2.05, 4.69) is 5.32 Å². The molecule has 17 heavy (non-hydrogen) atoms. The average Bonchev–Trinajstić information content (AvgIpc) is 2.26. The van der Waals surface area contributed by atoms with Crippen LogP contribution in [-0.4, -0.2) is 18.8 Å². The Kier molecular flexibility index (Phi) is 4.37. The molecule has 0 radical (unpaired) electrons. The van der Waals surface area contributed by atoms with E-state index in [1.54, 1.807) is 12.1 Å². The van der Waals surface area contributed by atoms with Gasteiger partial charge >= 0.3 is 0 Å². The van der Waals surface area contributed by atoms with Crippen molar-refractivity contribution in [2.45, 2.75) is 38.5 Å². The highest BCUT2D eigenvalue weighted by Gasteiger charge is 2.28. The lowest BCUT2D eigenvalue weighted by Gasteiger charge is -2.35. The largest absolute Gasteiger partial charge is 0.378 e. The molecule has 1 aliphatic carbocycles. The smallest absolute Gasteiger partial charge is 0.141 e. The average molecular weight is 258 g/mol. The van der Waals surface area contributed by atoms with Crippen LogP contribution >= 0.6 is 11.6 Å². The minimum Gasteiger partial charge on any atom is -0.378 e. The van der Waals surface area contributed by atoms with Gasteiger partial charge in [0.25, 0.3) is 0 Å². The van der Waals surface area contributed by atoms with Gasteiger partial charge in [-0.05, 0) is 37.5 Å². The summed E-state index contributed by atoms with van der Waals surface area (Å²) >= 11 is 5.72. The summed E-state index contributed by atoms with van der Waals surface area (Å²) in [5.74, 6) is -0.365. The molecule has 0 bridgehead atoms. The van der Waals surface area contributed by atoms with Crippen LogP contribution < -0.4 is 5.32 Å². The van der Waals surface area contributed by atoms with Crippen molar-refractivity contribution >= 4 is 11.6 Å². The summed E-state index contributed by atoms with van der Waals surface area (Å²) in [6.07, 6.45) is 2.53. The quantitative estimate of drug-likeness (QED) is 0.875. The van der Waals surface area contributed by atoms with Gasteiger partial charge in [-0.3, -0.25) is 0 Å². The molecule has 0 amide bonds. The first kappa shape index (κ1) is 12.8. The number of halogens is 2. The molecule has 1 saturated carbocycles. The lowest BCUT2D eigenvalue weighted by Crippen LogP contribution is -2.45. The second-order valence-corrected chi connectivity index (χ2v) is 4.78. The van der Waals surface area contributed by atoms with E-state index in [-0.39, 0.29) is 10.8 Å². The van der Waals surface area contributed by atoms with Crippen LogP contribution in [0, 0.1) is 5.82 Å². The summed E-state index contributed by atoms with van der Waals surface area (Å²) in [7, 11) is 0. The summed E-state index contributed by atoms with van der Waals surface area (Å²) in [5.41, 5.74) is 1.01. The Morgan fingerprint density at radius 3 is 2.88 bits per heavy atom. The van der Waals surface area contributed by atoms with Crippen molar-refractivity contribution in [3.63, 3.8) is 0 Å². The van der Waals surface area contributed by atoms with Gasteiger partial charge in [-0.15, -0.1) is 0 Å². The zero-order valence-electron chi connectivity index (χ0n) is 9.88. The van der Waals surface area contributed by atoms with Crippen LogP contribution in [0.2, 0.25) is 5.02 Å². The maximum Gasteiger partial charge on any atom is 0.141 e. The van der Waals surface area contributed by atoms with E-state index in [4.69, 9.17) is 16.3 Å². The summed E-state index contributed by atoms with van der Waals surface area (Å²) in [5, 5.41) is 3.59. The molecular formula is C13H17ClFNO. The number of hydrogen-bond donors (Lipinski definition) is 1. The van der Waals surface area contributed by atoms with Gasteiger partial charge in [-0.1, -0.05) is 17.7 Å². The molecule has 0 saturated heterocycles. The Hall–Kier alpha value is -0.640. The van der Waals surface area contributed by atoms with E-state index in [0.29, 0.717) is 12.1 Å². The molecule has 1 fully saturated rings. The normalized spacial score (nSPS) is 23.5. The zero-order valence-corrected chi connectivity index (χ0v) is 10.6. The van der Waals surface area contributed by atoms with E-state index in [1.165, 1.54) is 6.07 Å². The first-order chi connectivity index (χ1) is 8.19. The van der Waals surface area contributed by atoms with Crippen molar-refractivity contribution in [1.82, 2.24) is 5.32 Å². The Balaban J connectivity index is 1.74. The fraction of sp³-hybridized carbons (Fsp3) is 0.538. The summed E-state index contributed by atoms with van der Waals surface area (Å²) in [6, 6.07) is 5.34. The summed E-state index contributed by atoms with van der Waals surface area (Å²) < 4.78 is 18.4. The Morgan fingerprint density at radius 1 is 1.47 bits per heavy atom. The van der Waals surface area contributed by atoms with Crippen molar-refractivity contribution in [1.29, 1.82) is 0 Å². The van der Waals surface area contributed by atoms with Crippen molar-refractivity contribution < 1.29 is 9.13 Å². The van der Waals surface area contributed by atoms with Crippen LogP contribution in [-0.2, 0) is 11.3 Å². The standard InChI is InChI=1S/C13H17ClFNO/c1-2-17-11-6-10(7-11)16-8-9-3-4-13(15)12(14)5-9/h3-5,10-11,16H,2,6-8H2,1H3. The van der Waals surface area contributed by atoms with Gasteiger partial charge in [0.2, 0.25) is 0 Å². The third-order valence-corrected chi connectivity index (χ3v) is 3.37. The number of benzene rings is 1. The van der Waals surface area contributed by atoms with Crippen molar-refractivity contribution in [3.05, 3.63) is 34.6 Å². The molecule has 1 aromatic carbocycles. The number of rotatable bonds is 5. The van der Waals surface area contributed by atoms with E-state index in [1.807, 2.05) is 6.92 Å². The number of ether oxygens (including phenoxy) is 1. The Labute approximate surface area is 106 Å². The molecular weight excluding hydrogens is 241 g/mol. The highest BCUT2D eigenvalue weighted by Crippen LogP contribution is 2.24. The van der Waals surface area contributed by atoms with Gasteiger partial charge < -0.3 is 10.1 Å². The molecule has 0 heterocycles. The van der Waals surface area contributed by atoms with Gasteiger partial charge in [-0.2, -0.15) is 0 Å². The molecule has 4 heteroatoms. The van der Waals surface area contributed by atoms with Gasteiger partial charge in [0, 0.05) is 19.2 Å². The topological polar surface area (TPSA) is 21.3 Å². The molecule has 0 spiro atoms. The molecule has 1 N–H and O–H groups in total. The predicted octanol–water partition coefficient (Wildman–Crippen LogP) is 3.14. The molecule has 1 aliphatic rings. The SMILES string of the molecule is CCOC1CC(NCc2ccc(F)c(Cl)c2)C1.